The Kier molecular flexibility index (Phi) is 6.63. The van der Waals surface area contributed by atoms with Crippen LogP contribution >= 0.6 is 0 Å². The van der Waals surface area contributed by atoms with Crippen molar-refractivity contribution in [3.8, 4) is 11.5 Å². The lowest BCUT2D eigenvalue weighted by Gasteiger charge is -2.25. The minimum Gasteiger partial charge on any atom is -0.497 e. The number of aryl methyl sites for hydroxylation is 1. The molecule has 1 fully saturated rings. The monoisotopic (exact) mass is 481 g/mol. The third-order valence-electron chi connectivity index (χ3n) is 6.40. The Hall–Kier alpha value is -4.08. The zero-order valence-electron chi connectivity index (χ0n) is 19.8. The molecule has 1 unspecified atom stereocenters. The average Bonchev–Trinajstić information content (AvgIpc) is 3.35. The predicted molar refractivity (Wildman–Crippen MR) is 124 cm³/mol. The first kappa shape index (κ1) is 24.1. The molecule has 1 atom stereocenters. The molecule has 10 nitrogen and oxygen atoms in total. The van der Waals surface area contributed by atoms with Crippen LogP contribution in [0.4, 0.5) is 4.79 Å². The Labute approximate surface area is 202 Å². The highest BCUT2D eigenvalue weighted by atomic mass is 16.5. The number of hydrogen-bond donors (Lipinski definition) is 1. The van der Waals surface area contributed by atoms with Crippen LogP contribution in [-0.2, 0) is 37.6 Å². The summed E-state index contributed by atoms with van der Waals surface area (Å²) in [4.78, 5) is 53.7. The van der Waals surface area contributed by atoms with Crippen molar-refractivity contribution < 1.29 is 33.4 Å². The second-order valence-corrected chi connectivity index (χ2v) is 8.43. The molecule has 0 bridgehead atoms. The third-order valence-corrected chi connectivity index (χ3v) is 6.40. The maximum Gasteiger partial charge on any atom is 0.325 e. The van der Waals surface area contributed by atoms with Gasteiger partial charge in [-0.2, -0.15) is 0 Å². The first-order valence-electron chi connectivity index (χ1n) is 11.1. The number of ether oxygens (including phenoxy) is 3. The Morgan fingerprint density at radius 1 is 1.06 bits per heavy atom. The van der Waals surface area contributed by atoms with E-state index in [1.807, 2.05) is 24.3 Å². The van der Waals surface area contributed by atoms with Gasteiger partial charge in [0.15, 0.2) is 0 Å². The van der Waals surface area contributed by atoms with Crippen molar-refractivity contribution in [2.24, 2.45) is 0 Å². The highest BCUT2D eigenvalue weighted by Gasteiger charge is 2.55. The molecule has 184 valence electrons. The molecule has 1 spiro atoms. The summed E-state index contributed by atoms with van der Waals surface area (Å²) in [6, 6.07) is 11.9. The summed E-state index contributed by atoms with van der Waals surface area (Å²) >= 11 is 0. The lowest BCUT2D eigenvalue weighted by molar-refractivity contribution is -0.148. The summed E-state index contributed by atoms with van der Waals surface area (Å²) in [5.41, 5.74) is 1.22. The van der Waals surface area contributed by atoms with Crippen LogP contribution in [0, 0.1) is 0 Å². The van der Waals surface area contributed by atoms with E-state index in [0.717, 1.165) is 16.0 Å². The third kappa shape index (κ3) is 4.51. The molecular formula is C25H27N3O7. The van der Waals surface area contributed by atoms with E-state index in [0.29, 0.717) is 29.9 Å². The lowest BCUT2D eigenvalue weighted by atomic mass is 9.92. The number of benzene rings is 2. The van der Waals surface area contributed by atoms with Gasteiger partial charge in [0, 0.05) is 12.6 Å². The summed E-state index contributed by atoms with van der Waals surface area (Å²) in [6.07, 6.45) is 1.08. The first-order chi connectivity index (χ1) is 16.8. The van der Waals surface area contributed by atoms with Crippen molar-refractivity contribution in [1.29, 1.82) is 0 Å². The smallest absolute Gasteiger partial charge is 0.325 e. The van der Waals surface area contributed by atoms with Crippen molar-refractivity contribution >= 4 is 23.8 Å². The molecule has 2 aliphatic rings. The number of esters is 1. The Morgan fingerprint density at radius 3 is 2.40 bits per heavy atom. The molecule has 0 radical (unpaired) electrons. The molecule has 1 saturated heterocycles. The second kappa shape index (κ2) is 9.65. The van der Waals surface area contributed by atoms with E-state index < -0.39 is 35.9 Å². The molecule has 10 heteroatoms. The van der Waals surface area contributed by atoms with Crippen LogP contribution in [0.5, 0.6) is 11.5 Å². The average molecular weight is 482 g/mol. The molecule has 35 heavy (non-hydrogen) atoms. The summed E-state index contributed by atoms with van der Waals surface area (Å²) < 4.78 is 15.3. The summed E-state index contributed by atoms with van der Waals surface area (Å²) in [5, 5.41) is 2.80. The van der Waals surface area contributed by atoms with Crippen molar-refractivity contribution in [2.75, 3.05) is 34.4 Å². The standard InChI is InChI=1S/C25H27N3O7/c1-33-18-10-16(11-19(12-18)34-2)13-27(15-22(30)35-3)21(29)14-28-23(31)25(26-24(28)32)9-8-17-6-4-5-7-20(17)25/h4-7,10-12H,8-9,13-15H2,1-3H3,(H,26,32). The molecule has 0 aromatic heterocycles. The van der Waals surface area contributed by atoms with Gasteiger partial charge in [-0.15, -0.1) is 0 Å². The number of methoxy groups -OCH3 is 3. The van der Waals surface area contributed by atoms with Crippen LogP contribution in [0.15, 0.2) is 42.5 Å². The van der Waals surface area contributed by atoms with E-state index >= 15 is 0 Å². The zero-order chi connectivity index (χ0) is 25.2. The topological polar surface area (TPSA) is 114 Å². The van der Waals surface area contributed by atoms with Crippen LogP contribution in [0.3, 0.4) is 0 Å². The minimum atomic E-state index is -1.17. The maximum atomic E-state index is 13.4. The van der Waals surface area contributed by atoms with Gasteiger partial charge in [-0.3, -0.25) is 19.3 Å². The number of carbonyl (C=O) groups excluding carboxylic acids is 4. The van der Waals surface area contributed by atoms with Gasteiger partial charge in [0.1, 0.15) is 30.1 Å². The van der Waals surface area contributed by atoms with Crippen LogP contribution in [-0.4, -0.2) is 68.0 Å². The second-order valence-electron chi connectivity index (χ2n) is 8.43. The van der Waals surface area contributed by atoms with Crippen molar-refractivity contribution in [3.05, 3.63) is 59.2 Å². The number of imide groups is 1. The largest absolute Gasteiger partial charge is 0.497 e. The van der Waals surface area contributed by atoms with E-state index in [4.69, 9.17) is 14.2 Å². The van der Waals surface area contributed by atoms with Gasteiger partial charge in [-0.25, -0.2) is 4.79 Å². The number of hydrogen-bond acceptors (Lipinski definition) is 7. The quantitative estimate of drug-likeness (QED) is 0.450. The van der Waals surface area contributed by atoms with E-state index in [1.54, 1.807) is 18.2 Å². The molecule has 1 heterocycles. The van der Waals surface area contributed by atoms with Crippen molar-refractivity contribution in [3.63, 3.8) is 0 Å². The van der Waals surface area contributed by atoms with Gasteiger partial charge < -0.3 is 24.4 Å². The molecule has 1 N–H and O–H groups in total. The molecule has 4 rings (SSSR count). The number of carbonyl (C=O) groups is 4. The normalized spacial score (nSPS) is 18.3. The van der Waals surface area contributed by atoms with Crippen molar-refractivity contribution in [2.45, 2.75) is 24.9 Å². The van der Waals surface area contributed by atoms with E-state index in [2.05, 4.69) is 5.32 Å². The first-order valence-corrected chi connectivity index (χ1v) is 11.1. The Balaban J connectivity index is 1.56. The van der Waals surface area contributed by atoms with E-state index in [-0.39, 0.29) is 13.1 Å². The van der Waals surface area contributed by atoms with Gasteiger partial charge in [-0.1, -0.05) is 24.3 Å². The fourth-order valence-corrected chi connectivity index (χ4v) is 4.60. The van der Waals surface area contributed by atoms with Crippen LogP contribution < -0.4 is 14.8 Å². The summed E-state index contributed by atoms with van der Waals surface area (Å²) in [5.74, 6) is -0.654. The SMILES string of the molecule is COC(=O)CN(Cc1cc(OC)cc(OC)c1)C(=O)CN1C(=O)NC2(CCc3ccccc32)C1=O. The van der Waals surface area contributed by atoms with Crippen LogP contribution in [0.25, 0.3) is 0 Å². The molecule has 1 aliphatic heterocycles. The molecule has 2 aromatic carbocycles. The fraction of sp³-hybridized carbons (Fsp3) is 0.360. The number of rotatable bonds is 8. The molecule has 1 aliphatic carbocycles. The maximum absolute atomic E-state index is 13.4. The Bertz CT molecular complexity index is 1160. The summed E-state index contributed by atoms with van der Waals surface area (Å²) in [6.45, 7) is -0.849. The zero-order valence-corrected chi connectivity index (χ0v) is 19.8. The molecule has 0 saturated carbocycles. The molecule has 4 amide bonds. The van der Waals surface area contributed by atoms with Gasteiger partial charge >= 0.3 is 12.0 Å². The van der Waals surface area contributed by atoms with Crippen LogP contribution in [0.2, 0.25) is 0 Å². The molecule has 2 aromatic rings. The van der Waals surface area contributed by atoms with E-state index in [9.17, 15) is 19.2 Å². The number of fused-ring (bicyclic) bond motifs is 2. The number of nitrogens with zero attached hydrogens (tertiary/aromatic N) is 2. The lowest BCUT2D eigenvalue weighted by Crippen LogP contribution is -2.46. The predicted octanol–water partition coefficient (Wildman–Crippen LogP) is 1.60. The van der Waals surface area contributed by atoms with Gasteiger partial charge in [0.25, 0.3) is 5.91 Å². The van der Waals surface area contributed by atoms with E-state index in [1.165, 1.54) is 26.2 Å². The van der Waals surface area contributed by atoms with Gasteiger partial charge in [-0.05, 0) is 41.7 Å². The van der Waals surface area contributed by atoms with Gasteiger partial charge in [0.05, 0.1) is 21.3 Å². The molecular weight excluding hydrogens is 454 g/mol. The minimum absolute atomic E-state index is 0.0130. The number of urea groups is 1. The van der Waals surface area contributed by atoms with Crippen LogP contribution in [0.1, 0.15) is 23.1 Å². The highest BCUT2D eigenvalue weighted by molar-refractivity contribution is 6.10. The summed E-state index contributed by atoms with van der Waals surface area (Å²) in [7, 11) is 4.23. The highest BCUT2D eigenvalue weighted by Crippen LogP contribution is 2.41. The van der Waals surface area contributed by atoms with Gasteiger partial charge in [0.2, 0.25) is 5.91 Å². The Morgan fingerprint density at radius 2 is 1.74 bits per heavy atom. The number of nitrogens with one attached hydrogen (secondary N) is 1. The van der Waals surface area contributed by atoms with Crippen molar-refractivity contribution in [1.82, 2.24) is 15.1 Å². The number of amides is 4. The fourth-order valence-electron chi connectivity index (χ4n) is 4.60.